The summed E-state index contributed by atoms with van der Waals surface area (Å²) in [6, 6.07) is 0. The van der Waals surface area contributed by atoms with E-state index in [-0.39, 0.29) is 16.9 Å². The van der Waals surface area contributed by atoms with E-state index in [4.69, 9.17) is 10.5 Å². The minimum atomic E-state index is -0.308. The first-order valence-electron chi connectivity index (χ1n) is 7.68. The number of carbonyl (C=O) groups excluding carboxylic acids is 1. The van der Waals surface area contributed by atoms with Crippen molar-refractivity contribution in [2.45, 2.75) is 51.0 Å². The molecule has 1 amide bonds. The van der Waals surface area contributed by atoms with Crippen LogP contribution in [0.1, 0.15) is 45.4 Å². The Kier molecular flexibility index (Phi) is 3.34. The number of amides is 1. The minimum Gasteiger partial charge on any atom is -0.381 e. The second-order valence-electron chi connectivity index (χ2n) is 7.12. The van der Waals surface area contributed by atoms with Gasteiger partial charge in [-0.05, 0) is 32.6 Å². The molecule has 3 atom stereocenters. The molecule has 0 bridgehead atoms. The third-order valence-electron chi connectivity index (χ3n) is 5.49. The molecule has 0 aromatic carbocycles. The minimum absolute atomic E-state index is 0.0266. The summed E-state index contributed by atoms with van der Waals surface area (Å²) in [5, 5.41) is 0. The Bertz CT molecular complexity index is 361. The summed E-state index contributed by atoms with van der Waals surface area (Å²) < 4.78 is 5.53. The highest BCUT2D eigenvalue weighted by molar-refractivity contribution is 5.80. The average molecular weight is 266 g/mol. The van der Waals surface area contributed by atoms with Gasteiger partial charge in [-0.2, -0.15) is 0 Å². The van der Waals surface area contributed by atoms with Gasteiger partial charge in [0.1, 0.15) is 0 Å². The van der Waals surface area contributed by atoms with Crippen LogP contribution in [-0.2, 0) is 9.53 Å². The Morgan fingerprint density at radius 2 is 2.16 bits per heavy atom. The van der Waals surface area contributed by atoms with Crippen LogP contribution < -0.4 is 5.73 Å². The Balaban J connectivity index is 1.67. The van der Waals surface area contributed by atoms with Crippen LogP contribution in [0.2, 0.25) is 0 Å². The average Bonchev–Trinajstić information content (AvgIpc) is 2.99. The zero-order valence-corrected chi connectivity index (χ0v) is 12.0. The van der Waals surface area contributed by atoms with E-state index < -0.39 is 0 Å². The molecular weight excluding hydrogens is 240 g/mol. The van der Waals surface area contributed by atoms with Crippen molar-refractivity contribution in [1.82, 2.24) is 4.90 Å². The van der Waals surface area contributed by atoms with Gasteiger partial charge in [0.2, 0.25) is 5.91 Å². The lowest BCUT2D eigenvalue weighted by Crippen LogP contribution is -2.53. The number of rotatable bonds is 1. The van der Waals surface area contributed by atoms with E-state index in [0.29, 0.717) is 5.91 Å². The lowest BCUT2D eigenvalue weighted by molar-refractivity contribution is -0.138. The maximum Gasteiger partial charge on any atom is 0.227 e. The smallest absolute Gasteiger partial charge is 0.227 e. The molecule has 3 aliphatic rings. The summed E-state index contributed by atoms with van der Waals surface area (Å²) in [4.78, 5) is 14.8. The van der Waals surface area contributed by atoms with E-state index in [1.165, 1.54) is 0 Å². The SMILES string of the molecule is CC1(N)CCCCC1C(=O)N1CCC2(CCOC2)C1. The molecule has 4 heteroatoms. The van der Waals surface area contributed by atoms with Crippen LogP contribution in [0.3, 0.4) is 0 Å². The van der Waals surface area contributed by atoms with Crippen molar-refractivity contribution in [3.8, 4) is 0 Å². The molecule has 1 spiro atoms. The Morgan fingerprint density at radius 1 is 1.32 bits per heavy atom. The molecule has 0 radical (unpaired) electrons. The van der Waals surface area contributed by atoms with Gasteiger partial charge >= 0.3 is 0 Å². The van der Waals surface area contributed by atoms with Gasteiger partial charge in [-0.15, -0.1) is 0 Å². The summed E-state index contributed by atoms with van der Waals surface area (Å²) in [6.07, 6.45) is 6.46. The lowest BCUT2D eigenvalue weighted by atomic mass is 9.74. The third-order valence-corrected chi connectivity index (χ3v) is 5.49. The Labute approximate surface area is 115 Å². The van der Waals surface area contributed by atoms with E-state index in [0.717, 1.165) is 64.8 Å². The number of carbonyl (C=O) groups is 1. The predicted molar refractivity (Wildman–Crippen MR) is 73.6 cm³/mol. The zero-order chi connectivity index (χ0) is 13.5. The monoisotopic (exact) mass is 266 g/mol. The number of hydrogen-bond donors (Lipinski definition) is 1. The number of nitrogens with two attached hydrogens (primary N) is 1. The molecule has 19 heavy (non-hydrogen) atoms. The highest BCUT2D eigenvalue weighted by Gasteiger charge is 2.46. The molecule has 2 saturated heterocycles. The molecule has 1 saturated carbocycles. The molecular formula is C15H26N2O2. The van der Waals surface area contributed by atoms with Gasteiger partial charge in [0.15, 0.2) is 0 Å². The zero-order valence-electron chi connectivity index (χ0n) is 12.0. The molecule has 3 fully saturated rings. The molecule has 0 aromatic heterocycles. The first-order valence-corrected chi connectivity index (χ1v) is 7.68. The number of likely N-dealkylation sites (tertiary alicyclic amines) is 1. The van der Waals surface area contributed by atoms with Crippen LogP contribution in [0.5, 0.6) is 0 Å². The summed E-state index contributed by atoms with van der Waals surface area (Å²) in [5.41, 5.74) is 6.31. The third kappa shape index (κ3) is 2.40. The molecule has 3 unspecified atom stereocenters. The molecule has 4 nitrogen and oxygen atoms in total. The second-order valence-corrected chi connectivity index (χ2v) is 7.12. The van der Waals surface area contributed by atoms with Gasteiger partial charge in [-0.3, -0.25) is 4.79 Å². The summed E-state index contributed by atoms with van der Waals surface area (Å²) in [7, 11) is 0. The maximum absolute atomic E-state index is 12.8. The largest absolute Gasteiger partial charge is 0.381 e. The van der Waals surface area contributed by atoms with E-state index in [2.05, 4.69) is 11.8 Å². The first kappa shape index (κ1) is 13.4. The van der Waals surface area contributed by atoms with Crippen LogP contribution >= 0.6 is 0 Å². The van der Waals surface area contributed by atoms with Gasteiger partial charge in [0.25, 0.3) is 0 Å². The number of ether oxygens (including phenoxy) is 1. The van der Waals surface area contributed by atoms with Crippen LogP contribution in [0.25, 0.3) is 0 Å². The van der Waals surface area contributed by atoms with Gasteiger partial charge in [0.05, 0.1) is 12.5 Å². The van der Waals surface area contributed by atoms with Gasteiger partial charge in [-0.1, -0.05) is 12.8 Å². The second kappa shape index (κ2) is 4.74. The van der Waals surface area contributed by atoms with E-state index in [1.807, 2.05) is 0 Å². The van der Waals surface area contributed by atoms with Crippen molar-refractivity contribution in [1.29, 1.82) is 0 Å². The maximum atomic E-state index is 12.8. The van der Waals surface area contributed by atoms with Crippen molar-refractivity contribution in [3.63, 3.8) is 0 Å². The molecule has 108 valence electrons. The number of hydrogen-bond acceptors (Lipinski definition) is 3. The lowest BCUT2D eigenvalue weighted by Gasteiger charge is -2.39. The van der Waals surface area contributed by atoms with Crippen molar-refractivity contribution in [2.24, 2.45) is 17.1 Å². The van der Waals surface area contributed by atoms with Crippen molar-refractivity contribution >= 4 is 5.91 Å². The van der Waals surface area contributed by atoms with Crippen LogP contribution in [0, 0.1) is 11.3 Å². The molecule has 3 rings (SSSR count). The summed E-state index contributed by atoms with van der Waals surface area (Å²) >= 11 is 0. The van der Waals surface area contributed by atoms with Crippen LogP contribution in [-0.4, -0.2) is 42.6 Å². The summed E-state index contributed by atoms with van der Waals surface area (Å²) in [6.45, 7) is 5.54. The van der Waals surface area contributed by atoms with Crippen molar-refractivity contribution in [2.75, 3.05) is 26.3 Å². The van der Waals surface area contributed by atoms with Crippen molar-refractivity contribution in [3.05, 3.63) is 0 Å². The standard InChI is InChI=1S/C15H26N2O2/c1-14(16)5-3-2-4-12(14)13(18)17-8-6-15(10-17)7-9-19-11-15/h12H,2-11,16H2,1H3. The summed E-state index contributed by atoms with van der Waals surface area (Å²) in [5.74, 6) is 0.326. The number of nitrogens with zero attached hydrogens (tertiary/aromatic N) is 1. The van der Waals surface area contributed by atoms with Crippen molar-refractivity contribution < 1.29 is 9.53 Å². The van der Waals surface area contributed by atoms with E-state index >= 15 is 0 Å². The van der Waals surface area contributed by atoms with Gasteiger partial charge in [0, 0.05) is 30.7 Å². The quantitative estimate of drug-likeness (QED) is 0.783. The first-order chi connectivity index (χ1) is 9.03. The normalized spacial score (nSPS) is 43.1. The molecule has 2 aliphatic heterocycles. The predicted octanol–water partition coefficient (Wildman–Crippen LogP) is 1.53. The molecule has 2 N–H and O–H groups in total. The highest BCUT2D eigenvalue weighted by atomic mass is 16.5. The van der Waals surface area contributed by atoms with Gasteiger partial charge < -0.3 is 15.4 Å². The van der Waals surface area contributed by atoms with E-state index in [9.17, 15) is 4.79 Å². The van der Waals surface area contributed by atoms with Crippen LogP contribution in [0.15, 0.2) is 0 Å². The van der Waals surface area contributed by atoms with Gasteiger partial charge in [-0.25, -0.2) is 0 Å². The fraction of sp³-hybridized carbons (Fsp3) is 0.933. The fourth-order valence-electron chi connectivity index (χ4n) is 4.08. The Hall–Kier alpha value is -0.610. The van der Waals surface area contributed by atoms with Crippen LogP contribution in [0.4, 0.5) is 0 Å². The molecule has 0 aromatic rings. The highest BCUT2D eigenvalue weighted by Crippen LogP contribution is 2.40. The topological polar surface area (TPSA) is 55.6 Å². The molecule has 1 aliphatic carbocycles. The fourth-order valence-corrected chi connectivity index (χ4v) is 4.08. The Morgan fingerprint density at radius 3 is 2.84 bits per heavy atom. The van der Waals surface area contributed by atoms with E-state index in [1.54, 1.807) is 0 Å². The molecule has 2 heterocycles.